The fourth-order valence-corrected chi connectivity index (χ4v) is 5.78. The maximum absolute atomic E-state index is 12.6. The predicted molar refractivity (Wildman–Crippen MR) is 160 cm³/mol. The molecule has 1 fully saturated rings. The van der Waals surface area contributed by atoms with Gasteiger partial charge in [-0.25, -0.2) is 4.98 Å². The molecule has 0 aliphatic carbocycles. The van der Waals surface area contributed by atoms with Crippen molar-refractivity contribution in [2.24, 2.45) is 5.92 Å². The van der Waals surface area contributed by atoms with Crippen LogP contribution >= 0.6 is 11.8 Å². The van der Waals surface area contributed by atoms with Crippen LogP contribution in [0.1, 0.15) is 68.6 Å². The Morgan fingerprint density at radius 1 is 0.976 bits per heavy atom. The van der Waals surface area contributed by atoms with E-state index in [1.165, 1.54) is 6.92 Å². The van der Waals surface area contributed by atoms with Crippen LogP contribution in [0.25, 0.3) is 0 Å². The summed E-state index contributed by atoms with van der Waals surface area (Å²) in [5.74, 6) is 0.692. The van der Waals surface area contributed by atoms with E-state index in [2.05, 4.69) is 22.5 Å². The second-order valence-corrected chi connectivity index (χ2v) is 11.3. The Morgan fingerprint density at radius 2 is 1.80 bits per heavy atom. The molecule has 2 amide bonds. The van der Waals surface area contributed by atoms with Crippen LogP contribution in [0.5, 0.6) is 0 Å². The van der Waals surface area contributed by atoms with E-state index in [1.54, 1.807) is 18.0 Å². The molecule has 1 aromatic heterocycles. The molecule has 0 saturated carbocycles. The van der Waals surface area contributed by atoms with E-state index < -0.39 is 6.29 Å². The monoisotopic (exact) mass is 577 g/mol. The molecule has 8 nitrogen and oxygen atoms in total. The number of benzene rings is 2. The average molecular weight is 578 g/mol. The first-order chi connectivity index (χ1) is 19.9. The molecule has 4 atom stereocenters. The van der Waals surface area contributed by atoms with Crippen molar-refractivity contribution in [3.8, 4) is 0 Å². The van der Waals surface area contributed by atoms with E-state index >= 15 is 0 Å². The van der Waals surface area contributed by atoms with Gasteiger partial charge in [0, 0.05) is 49.0 Å². The minimum atomic E-state index is -0.617. The standard InChI is InChI=1S/C32H39N3O5S/c1-22-28(21-41-30-12-5-7-18-34-30)39-32(40-31(22)25-15-13-24(20-36)14-16-25)26-9-8-10-27(19-26)35-29(38)11-4-3-6-17-33-23(2)37/h5,7-10,12-16,18-19,22,28,31-32,36H,3-4,6,11,17,20-21H2,1-2H3,(H,33,37)(H,35,38)/t22-,28+,31+,32+/m0/s1. The number of hydrogen-bond donors (Lipinski definition) is 3. The lowest BCUT2D eigenvalue weighted by atomic mass is 9.91. The number of nitrogens with one attached hydrogen (secondary N) is 2. The molecule has 218 valence electrons. The van der Waals surface area contributed by atoms with Gasteiger partial charge in [-0.1, -0.05) is 55.8 Å². The van der Waals surface area contributed by atoms with Gasteiger partial charge in [-0.3, -0.25) is 9.59 Å². The Balaban J connectivity index is 1.43. The highest BCUT2D eigenvalue weighted by Crippen LogP contribution is 2.43. The summed E-state index contributed by atoms with van der Waals surface area (Å²) in [6.45, 7) is 4.26. The number of aliphatic hydroxyl groups is 1. The number of aromatic nitrogens is 1. The lowest BCUT2D eigenvalue weighted by Gasteiger charge is -2.41. The van der Waals surface area contributed by atoms with Crippen molar-refractivity contribution >= 4 is 29.3 Å². The van der Waals surface area contributed by atoms with Crippen LogP contribution in [0.15, 0.2) is 78.0 Å². The fraction of sp³-hybridized carbons (Fsp3) is 0.406. The first-order valence-electron chi connectivity index (χ1n) is 14.1. The van der Waals surface area contributed by atoms with Gasteiger partial charge in [0.15, 0.2) is 6.29 Å². The number of pyridine rings is 1. The van der Waals surface area contributed by atoms with Gasteiger partial charge in [0.05, 0.1) is 23.8 Å². The molecule has 1 saturated heterocycles. The van der Waals surface area contributed by atoms with Gasteiger partial charge in [-0.05, 0) is 48.2 Å². The molecule has 0 radical (unpaired) electrons. The number of carbonyl (C=O) groups excluding carboxylic acids is 2. The number of ether oxygens (including phenoxy) is 2. The first-order valence-corrected chi connectivity index (χ1v) is 15.1. The Kier molecular flexibility index (Phi) is 11.7. The molecule has 3 aromatic rings. The Bertz CT molecular complexity index is 1260. The molecular weight excluding hydrogens is 538 g/mol. The van der Waals surface area contributed by atoms with E-state index in [0.717, 1.165) is 41.0 Å². The lowest BCUT2D eigenvalue weighted by molar-refractivity contribution is -0.268. The van der Waals surface area contributed by atoms with Crippen molar-refractivity contribution in [2.75, 3.05) is 17.6 Å². The molecule has 1 aliphatic heterocycles. The molecule has 0 bridgehead atoms. The second-order valence-electron chi connectivity index (χ2n) is 10.3. The molecule has 3 N–H and O–H groups in total. The van der Waals surface area contributed by atoms with Crippen molar-refractivity contribution in [3.63, 3.8) is 0 Å². The third kappa shape index (κ3) is 9.39. The van der Waals surface area contributed by atoms with Gasteiger partial charge >= 0.3 is 0 Å². The Labute approximate surface area is 246 Å². The normalized spacial score (nSPS) is 20.4. The number of unbranched alkanes of at least 4 members (excludes halogenated alkanes) is 2. The van der Waals surface area contributed by atoms with E-state index in [1.807, 2.05) is 66.7 Å². The van der Waals surface area contributed by atoms with E-state index in [4.69, 9.17) is 9.47 Å². The van der Waals surface area contributed by atoms with Gasteiger partial charge in [-0.15, -0.1) is 11.8 Å². The smallest absolute Gasteiger partial charge is 0.224 e. The summed E-state index contributed by atoms with van der Waals surface area (Å²) in [6.07, 6.45) is 3.73. The Morgan fingerprint density at radius 3 is 2.54 bits per heavy atom. The van der Waals surface area contributed by atoms with Crippen LogP contribution in [0, 0.1) is 5.92 Å². The highest BCUT2D eigenvalue weighted by molar-refractivity contribution is 7.99. The van der Waals surface area contributed by atoms with Crippen molar-refractivity contribution < 1.29 is 24.2 Å². The number of hydrogen-bond acceptors (Lipinski definition) is 7. The molecule has 41 heavy (non-hydrogen) atoms. The summed E-state index contributed by atoms with van der Waals surface area (Å²) in [4.78, 5) is 28.0. The number of aliphatic hydroxyl groups excluding tert-OH is 1. The van der Waals surface area contributed by atoms with E-state index in [-0.39, 0.29) is 36.5 Å². The number of carbonyl (C=O) groups is 2. The van der Waals surface area contributed by atoms with Crippen LogP contribution in [-0.2, 0) is 25.7 Å². The number of anilines is 1. The number of rotatable bonds is 13. The third-order valence-corrected chi connectivity index (χ3v) is 8.09. The third-order valence-electron chi connectivity index (χ3n) is 7.05. The van der Waals surface area contributed by atoms with Gasteiger partial charge in [0.1, 0.15) is 0 Å². The highest BCUT2D eigenvalue weighted by Gasteiger charge is 2.38. The van der Waals surface area contributed by atoms with Crippen LogP contribution in [-0.4, -0.2) is 40.3 Å². The zero-order chi connectivity index (χ0) is 29.0. The number of thioether (sulfide) groups is 1. The maximum atomic E-state index is 12.6. The molecule has 9 heteroatoms. The molecular formula is C32H39N3O5S. The summed E-state index contributed by atoms with van der Waals surface area (Å²) in [5, 5.41) is 16.2. The predicted octanol–water partition coefficient (Wildman–Crippen LogP) is 5.79. The molecule has 2 heterocycles. The van der Waals surface area contributed by atoms with Crippen molar-refractivity contribution in [2.45, 2.75) is 69.7 Å². The van der Waals surface area contributed by atoms with Crippen LogP contribution in [0.4, 0.5) is 5.69 Å². The summed E-state index contributed by atoms with van der Waals surface area (Å²) in [6, 6.07) is 21.3. The van der Waals surface area contributed by atoms with Crippen LogP contribution < -0.4 is 10.6 Å². The van der Waals surface area contributed by atoms with Gasteiger partial charge in [0.2, 0.25) is 11.8 Å². The van der Waals surface area contributed by atoms with Crippen molar-refractivity contribution in [1.82, 2.24) is 10.3 Å². The average Bonchev–Trinajstić information content (AvgIpc) is 2.99. The molecule has 0 spiro atoms. The topological polar surface area (TPSA) is 110 Å². The molecule has 0 unspecified atom stereocenters. The molecule has 4 rings (SSSR count). The zero-order valence-electron chi connectivity index (χ0n) is 23.6. The van der Waals surface area contributed by atoms with Crippen LogP contribution in [0.3, 0.4) is 0 Å². The maximum Gasteiger partial charge on any atom is 0.224 e. The number of nitrogens with zero attached hydrogens (tertiary/aromatic N) is 1. The van der Waals surface area contributed by atoms with Gasteiger partial charge in [0.25, 0.3) is 0 Å². The summed E-state index contributed by atoms with van der Waals surface area (Å²) in [7, 11) is 0. The second kappa shape index (κ2) is 15.7. The minimum absolute atomic E-state index is 0.00792. The van der Waals surface area contributed by atoms with Crippen LogP contribution in [0.2, 0.25) is 0 Å². The fourth-order valence-electron chi connectivity index (χ4n) is 4.75. The summed E-state index contributed by atoms with van der Waals surface area (Å²) < 4.78 is 13.1. The van der Waals surface area contributed by atoms with Crippen molar-refractivity contribution in [3.05, 3.63) is 89.6 Å². The molecule has 2 aromatic carbocycles. The van der Waals surface area contributed by atoms with E-state index in [9.17, 15) is 14.7 Å². The highest BCUT2D eigenvalue weighted by atomic mass is 32.2. The summed E-state index contributed by atoms with van der Waals surface area (Å²) >= 11 is 1.65. The first kappa shape index (κ1) is 30.7. The SMILES string of the molecule is CC(=O)NCCCCCC(=O)Nc1cccc([C@@H]2O[C@H](CSc3ccccn3)[C@H](C)[C@H](c3ccc(CO)cc3)O2)c1. The van der Waals surface area contributed by atoms with Gasteiger partial charge in [-0.2, -0.15) is 0 Å². The van der Waals surface area contributed by atoms with Crippen molar-refractivity contribution in [1.29, 1.82) is 0 Å². The van der Waals surface area contributed by atoms with E-state index in [0.29, 0.717) is 24.4 Å². The lowest BCUT2D eigenvalue weighted by Crippen LogP contribution is -2.38. The zero-order valence-corrected chi connectivity index (χ0v) is 24.4. The molecule has 1 aliphatic rings. The summed E-state index contributed by atoms with van der Waals surface area (Å²) in [5.41, 5.74) is 3.40. The minimum Gasteiger partial charge on any atom is -0.392 e. The number of amides is 2. The quantitative estimate of drug-likeness (QED) is 0.174. The van der Waals surface area contributed by atoms with Gasteiger partial charge < -0.3 is 25.2 Å². The Hall–Kier alpha value is -3.24. The largest absolute Gasteiger partial charge is 0.392 e.